The summed E-state index contributed by atoms with van der Waals surface area (Å²) in [5.41, 5.74) is 2.74. The zero-order chi connectivity index (χ0) is 14.9. The van der Waals surface area contributed by atoms with Gasteiger partial charge in [-0.1, -0.05) is 13.0 Å². The van der Waals surface area contributed by atoms with Crippen molar-refractivity contribution in [3.63, 3.8) is 0 Å². The quantitative estimate of drug-likeness (QED) is 0.524. The van der Waals surface area contributed by atoms with E-state index in [0.717, 1.165) is 21.5 Å². The van der Waals surface area contributed by atoms with Crippen LogP contribution in [0.1, 0.15) is 29.3 Å². The van der Waals surface area contributed by atoms with Crippen LogP contribution < -0.4 is 0 Å². The van der Waals surface area contributed by atoms with Gasteiger partial charge in [-0.05, 0) is 42.4 Å². The van der Waals surface area contributed by atoms with Gasteiger partial charge in [0.15, 0.2) is 0 Å². The molecule has 1 atom stereocenters. The molecule has 3 heterocycles. The van der Waals surface area contributed by atoms with Crippen LogP contribution in [0.5, 0.6) is 0 Å². The maximum absolute atomic E-state index is 4.56. The van der Waals surface area contributed by atoms with Gasteiger partial charge in [-0.2, -0.15) is 0 Å². The van der Waals surface area contributed by atoms with E-state index in [0.29, 0.717) is 0 Å². The van der Waals surface area contributed by atoms with Crippen LogP contribution in [0, 0.1) is 5.92 Å². The number of aryl methyl sites for hydroxylation is 1. The average Bonchev–Trinajstić information content (AvgIpc) is 2.91. The van der Waals surface area contributed by atoms with Gasteiger partial charge in [0, 0.05) is 28.4 Å². The zero-order valence-electron chi connectivity index (χ0n) is 12.5. The van der Waals surface area contributed by atoms with Crippen LogP contribution >= 0.6 is 23.1 Å². The lowest BCUT2D eigenvalue weighted by Gasteiger charge is -2.18. The summed E-state index contributed by atoms with van der Waals surface area (Å²) in [4.78, 5) is 15.9. The molecule has 112 valence electrons. The van der Waals surface area contributed by atoms with Crippen molar-refractivity contribution >= 4 is 33.3 Å². The first-order chi connectivity index (χ1) is 10.8. The molecule has 0 radical (unpaired) electrons. The fourth-order valence-electron chi connectivity index (χ4n) is 2.99. The molecule has 0 saturated heterocycles. The van der Waals surface area contributed by atoms with E-state index in [2.05, 4.69) is 27.9 Å². The molecule has 0 aliphatic heterocycles. The van der Waals surface area contributed by atoms with E-state index in [1.165, 1.54) is 40.7 Å². The predicted octanol–water partition coefficient (Wildman–Crippen LogP) is 4.50. The molecule has 1 aliphatic carbocycles. The third-order valence-corrected chi connectivity index (χ3v) is 6.38. The monoisotopic (exact) mass is 327 g/mol. The van der Waals surface area contributed by atoms with Crippen molar-refractivity contribution in [1.82, 2.24) is 15.0 Å². The molecule has 3 aromatic rings. The number of pyridine rings is 1. The lowest BCUT2D eigenvalue weighted by Crippen LogP contribution is -2.08. The number of aromatic nitrogens is 3. The molecule has 0 spiro atoms. The molecule has 3 aromatic heterocycles. The van der Waals surface area contributed by atoms with E-state index in [1.54, 1.807) is 18.1 Å². The van der Waals surface area contributed by atoms with Crippen molar-refractivity contribution in [3.05, 3.63) is 46.9 Å². The Morgan fingerprint density at radius 1 is 1.36 bits per heavy atom. The van der Waals surface area contributed by atoms with Gasteiger partial charge in [-0.25, -0.2) is 9.97 Å². The Bertz CT molecular complexity index is 798. The van der Waals surface area contributed by atoms with Crippen LogP contribution in [0.2, 0.25) is 0 Å². The van der Waals surface area contributed by atoms with Crippen molar-refractivity contribution in [2.24, 2.45) is 5.92 Å². The van der Waals surface area contributed by atoms with E-state index in [1.807, 2.05) is 29.8 Å². The maximum atomic E-state index is 4.56. The summed E-state index contributed by atoms with van der Waals surface area (Å²) in [6.45, 7) is 2.34. The van der Waals surface area contributed by atoms with Crippen molar-refractivity contribution < 1.29 is 0 Å². The molecule has 5 heteroatoms. The summed E-state index contributed by atoms with van der Waals surface area (Å²) >= 11 is 3.66. The van der Waals surface area contributed by atoms with Crippen molar-refractivity contribution in [3.8, 4) is 0 Å². The minimum Gasteiger partial charge on any atom is -0.264 e. The standard InChI is InChI=1S/C17H17N3S2/c1-11-4-5-13-14(7-11)22-17-15(13)16(19-10-20-17)21-9-12-3-2-6-18-8-12/h2-3,6,8,10-11H,4-5,7,9H2,1H3/t11-/m1/s1. The first-order valence-corrected chi connectivity index (χ1v) is 9.38. The van der Waals surface area contributed by atoms with Gasteiger partial charge in [0.2, 0.25) is 0 Å². The average molecular weight is 327 g/mol. The molecule has 4 rings (SSSR count). The molecule has 0 N–H and O–H groups in total. The highest BCUT2D eigenvalue weighted by atomic mass is 32.2. The van der Waals surface area contributed by atoms with Gasteiger partial charge >= 0.3 is 0 Å². The highest BCUT2D eigenvalue weighted by Gasteiger charge is 2.23. The SMILES string of the molecule is C[C@@H]1CCc2c(sc3ncnc(SCc4cccnc4)c23)C1. The fourth-order valence-corrected chi connectivity index (χ4v) is 5.37. The highest BCUT2D eigenvalue weighted by Crippen LogP contribution is 2.40. The van der Waals surface area contributed by atoms with Crippen LogP contribution in [-0.4, -0.2) is 15.0 Å². The second kappa shape index (κ2) is 5.97. The Morgan fingerprint density at radius 3 is 3.18 bits per heavy atom. The van der Waals surface area contributed by atoms with Crippen molar-refractivity contribution in [2.45, 2.75) is 37.0 Å². The lowest BCUT2D eigenvalue weighted by molar-refractivity contribution is 0.509. The van der Waals surface area contributed by atoms with Crippen molar-refractivity contribution in [2.75, 3.05) is 0 Å². The molecule has 0 saturated carbocycles. The summed E-state index contributed by atoms with van der Waals surface area (Å²) in [6.07, 6.45) is 9.09. The van der Waals surface area contributed by atoms with Crippen LogP contribution in [0.4, 0.5) is 0 Å². The Hall–Kier alpha value is -1.46. The minimum atomic E-state index is 0.792. The molecular weight excluding hydrogens is 310 g/mol. The minimum absolute atomic E-state index is 0.792. The molecule has 1 aliphatic rings. The Labute approximate surface area is 138 Å². The number of fused-ring (bicyclic) bond motifs is 3. The Morgan fingerprint density at radius 2 is 2.32 bits per heavy atom. The molecule has 0 fully saturated rings. The molecular formula is C17H17N3S2. The zero-order valence-corrected chi connectivity index (χ0v) is 14.1. The topological polar surface area (TPSA) is 38.7 Å². The van der Waals surface area contributed by atoms with Gasteiger partial charge in [-0.15, -0.1) is 23.1 Å². The first-order valence-electron chi connectivity index (χ1n) is 7.58. The predicted molar refractivity (Wildman–Crippen MR) is 92.4 cm³/mol. The number of hydrogen-bond donors (Lipinski definition) is 0. The summed E-state index contributed by atoms with van der Waals surface area (Å²) in [6, 6.07) is 4.10. The largest absolute Gasteiger partial charge is 0.264 e. The van der Waals surface area contributed by atoms with Gasteiger partial charge in [0.1, 0.15) is 16.2 Å². The summed E-state index contributed by atoms with van der Waals surface area (Å²) < 4.78 is 0. The third kappa shape index (κ3) is 2.63. The van der Waals surface area contributed by atoms with E-state index in [4.69, 9.17) is 0 Å². The smallest absolute Gasteiger partial charge is 0.128 e. The molecule has 0 bridgehead atoms. The first kappa shape index (κ1) is 14.2. The highest BCUT2D eigenvalue weighted by molar-refractivity contribution is 7.98. The van der Waals surface area contributed by atoms with E-state index in [-0.39, 0.29) is 0 Å². The normalized spacial score (nSPS) is 17.6. The number of nitrogens with zero attached hydrogens (tertiary/aromatic N) is 3. The number of thioether (sulfide) groups is 1. The van der Waals surface area contributed by atoms with Crippen LogP contribution in [0.3, 0.4) is 0 Å². The van der Waals surface area contributed by atoms with Gasteiger partial charge in [0.25, 0.3) is 0 Å². The lowest BCUT2D eigenvalue weighted by atomic mass is 9.89. The summed E-state index contributed by atoms with van der Waals surface area (Å²) in [7, 11) is 0. The van der Waals surface area contributed by atoms with E-state index >= 15 is 0 Å². The maximum Gasteiger partial charge on any atom is 0.128 e. The van der Waals surface area contributed by atoms with Crippen LogP contribution in [0.25, 0.3) is 10.2 Å². The molecule has 0 unspecified atom stereocenters. The summed E-state index contributed by atoms with van der Waals surface area (Å²) in [5, 5.41) is 2.43. The number of thiophene rings is 1. The van der Waals surface area contributed by atoms with Gasteiger partial charge < -0.3 is 0 Å². The molecule has 0 aromatic carbocycles. The Kier molecular flexibility index (Phi) is 3.84. The second-order valence-corrected chi connectivity index (χ2v) is 7.91. The molecule has 22 heavy (non-hydrogen) atoms. The second-order valence-electron chi connectivity index (χ2n) is 5.86. The fraction of sp³-hybridized carbons (Fsp3) is 0.353. The van der Waals surface area contributed by atoms with E-state index in [9.17, 15) is 0 Å². The van der Waals surface area contributed by atoms with Gasteiger partial charge in [-0.3, -0.25) is 4.98 Å². The van der Waals surface area contributed by atoms with Crippen LogP contribution in [0.15, 0.2) is 35.9 Å². The Balaban J connectivity index is 1.69. The third-order valence-electron chi connectivity index (χ3n) is 4.16. The van der Waals surface area contributed by atoms with Crippen LogP contribution in [-0.2, 0) is 18.6 Å². The van der Waals surface area contributed by atoms with Gasteiger partial charge in [0.05, 0.1) is 0 Å². The molecule has 3 nitrogen and oxygen atoms in total. The molecule has 0 amide bonds. The van der Waals surface area contributed by atoms with Crippen molar-refractivity contribution in [1.29, 1.82) is 0 Å². The number of hydrogen-bond acceptors (Lipinski definition) is 5. The summed E-state index contributed by atoms with van der Waals surface area (Å²) in [5.74, 6) is 1.70. The number of rotatable bonds is 3. The van der Waals surface area contributed by atoms with E-state index < -0.39 is 0 Å².